The summed E-state index contributed by atoms with van der Waals surface area (Å²) in [7, 11) is -1.67. The first kappa shape index (κ1) is 22.2. The molecule has 1 aromatic carbocycles. The van der Waals surface area contributed by atoms with Gasteiger partial charge >= 0.3 is 0 Å². The fourth-order valence-corrected chi connectivity index (χ4v) is 6.26. The number of thiazole rings is 1. The van der Waals surface area contributed by atoms with Gasteiger partial charge in [0.2, 0.25) is 10.0 Å². The normalized spacial score (nSPS) is 15.2. The van der Waals surface area contributed by atoms with Gasteiger partial charge in [0.15, 0.2) is 0 Å². The predicted octanol–water partition coefficient (Wildman–Crippen LogP) is 2.62. The second kappa shape index (κ2) is 8.14. The van der Waals surface area contributed by atoms with Gasteiger partial charge in [-0.3, -0.25) is 13.9 Å². The van der Waals surface area contributed by atoms with Crippen LogP contribution in [0.2, 0.25) is 0 Å². The van der Waals surface area contributed by atoms with E-state index in [9.17, 15) is 18.0 Å². The van der Waals surface area contributed by atoms with E-state index in [0.29, 0.717) is 45.5 Å². The Morgan fingerprint density at radius 1 is 1.12 bits per heavy atom. The van der Waals surface area contributed by atoms with Crippen LogP contribution < -0.4 is 15.2 Å². The molecule has 1 aliphatic heterocycles. The van der Waals surface area contributed by atoms with Gasteiger partial charge in [0, 0.05) is 19.3 Å². The number of hydrogen-bond acceptors (Lipinski definition) is 7. The summed E-state index contributed by atoms with van der Waals surface area (Å²) in [6, 6.07) is 6.70. The average Bonchev–Trinajstić information content (AvgIpc) is 3.29. The standard InChI is InChI=1S/C21H23N5O4S2/c1-12-13(2)24-25(4)21(28)17(12)20-22-14(3)18(31-20)19(27)23-15-6-8-16(9-7-15)26-10-5-11-32(26,29)30/h6-9H,5,10-11H2,1-4H3,(H,23,27). The maximum Gasteiger partial charge on any atom is 0.277 e. The molecule has 3 aromatic rings. The smallest absolute Gasteiger partial charge is 0.277 e. The molecule has 0 saturated carbocycles. The van der Waals surface area contributed by atoms with Crippen molar-refractivity contribution >= 4 is 38.6 Å². The minimum Gasteiger partial charge on any atom is -0.321 e. The summed E-state index contributed by atoms with van der Waals surface area (Å²) in [5.41, 5.74) is 3.29. The Hall–Kier alpha value is -3.05. The van der Waals surface area contributed by atoms with Gasteiger partial charge in [0.25, 0.3) is 11.5 Å². The maximum atomic E-state index is 12.9. The van der Waals surface area contributed by atoms with Gasteiger partial charge in [-0.2, -0.15) is 5.10 Å². The zero-order valence-electron chi connectivity index (χ0n) is 18.2. The Balaban J connectivity index is 1.58. The number of carbonyl (C=O) groups is 1. The molecule has 4 rings (SSSR count). The quantitative estimate of drug-likeness (QED) is 0.623. The van der Waals surface area contributed by atoms with E-state index in [0.717, 1.165) is 22.6 Å². The second-order valence-electron chi connectivity index (χ2n) is 7.69. The van der Waals surface area contributed by atoms with E-state index in [1.54, 1.807) is 38.2 Å². The van der Waals surface area contributed by atoms with Crippen molar-refractivity contribution in [2.45, 2.75) is 27.2 Å². The Bertz CT molecular complexity index is 1370. The highest BCUT2D eigenvalue weighted by atomic mass is 32.2. The topological polar surface area (TPSA) is 114 Å². The molecule has 0 radical (unpaired) electrons. The van der Waals surface area contributed by atoms with Crippen molar-refractivity contribution in [3.05, 3.63) is 56.4 Å². The fourth-order valence-electron chi connectivity index (χ4n) is 3.64. The van der Waals surface area contributed by atoms with Gasteiger partial charge in [-0.25, -0.2) is 18.1 Å². The van der Waals surface area contributed by atoms with E-state index < -0.39 is 10.0 Å². The molecule has 9 nitrogen and oxygen atoms in total. The molecule has 0 aliphatic carbocycles. The molecule has 0 bridgehead atoms. The molecule has 168 valence electrons. The molecular weight excluding hydrogens is 450 g/mol. The lowest BCUT2D eigenvalue weighted by Crippen LogP contribution is -2.24. The molecule has 0 unspecified atom stereocenters. The van der Waals surface area contributed by atoms with E-state index >= 15 is 0 Å². The highest BCUT2D eigenvalue weighted by molar-refractivity contribution is 7.93. The molecule has 3 heterocycles. The summed E-state index contributed by atoms with van der Waals surface area (Å²) in [6.07, 6.45) is 0.605. The van der Waals surface area contributed by atoms with Crippen molar-refractivity contribution in [3.63, 3.8) is 0 Å². The van der Waals surface area contributed by atoms with Gasteiger partial charge in [-0.05, 0) is 57.0 Å². The Labute approximate surface area is 189 Å². The SMILES string of the molecule is Cc1nc(-c2c(C)c(C)nn(C)c2=O)sc1C(=O)Nc1ccc(N2CCCS2(=O)=O)cc1. The molecular formula is C21H23N5O4S2. The Morgan fingerprint density at radius 2 is 1.81 bits per heavy atom. The van der Waals surface area contributed by atoms with E-state index in [1.165, 1.54) is 8.99 Å². The molecule has 11 heteroatoms. The van der Waals surface area contributed by atoms with Crippen LogP contribution >= 0.6 is 11.3 Å². The van der Waals surface area contributed by atoms with Crippen LogP contribution in [0.1, 0.15) is 33.0 Å². The molecule has 2 aromatic heterocycles. The first-order chi connectivity index (χ1) is 15.1. The van der Waals surface area contributed by atoms with E-state index in [2.05, 4.69) is 15.4 Å². The molecule has 1 saturated heterocycles. The lowest BCUT2D eigenvalue weighted by Gasteiger charge is -2.17. The van der Waals surface area contributed by atoms with Crippen molar-refractivity contribution in [2.75, 3.05) is 21.9 Å². The van der Waals surface area contributed by atoms with Crippen LogP contribution in [0.5, 0.6) is 0 Å². The monoisotopic (exact) mass is 473 g/mol. The number of rotatable bonds is 4. The van der Waals surface area contributed by atoms with Crippen LogP contribution in [0, 0.1) is 20.8 Å². The summed E-state index contributed by atoms with van der Waals surface area (Å²) in [5, 5.41) is 7.48. The number of carbonyl (C=O) groups excluding carboxylic acids is 1. The van der Waals surface area contributed by atoms with Gasteiger partial charge < -0.3 is 5.32 Å². The van der Waals surface area contributed by atoms with Crippen LogP contribution in [0.15, 0.2) is 29.1 Å². The minimum atomic E-state index is -3.25. The van der Waals surface area contributed by atoms with Crippen LogP contribution in [-0.4, -0.2) is 41.4 Å². The van der Waals surface area contributed by atoms with Crippen molar-refractivity contribution in [3.8, 4) is 10.6 Å². The molecule has 1 fully saturated rings. The molecule has 1 aliphatic rings. The minimum absolute atomic E-state index is 0.151. The van der Waals surface area contributed by atoms with Crippen LogP contribution in [-0.2, 0) is 17.1 Å². The van der Waals surface area contributed by atoms with E-state index in [1.807, 2.05) is 13.8 Å². The first-order valence-corrected chi connectivity index (χ1v) is 12.4. The summed E-state index contributed by atoms with van der Waals surface area (Å²) in [5.74, 6) is -0.189. The van der Waals surface area contributed by atoms with Gasteiger partial charge in [0.1, 0.15) is 9.88 Å². The fraction of sp³-hybridized carbons (Fsp3) is 0.333. The predicted molar refractivity (Wildman–Crippen MR) is 125 cm³/mol. The number of aryl methyl sites for hydroxylation is 3. The number of aromatic nitrogens is 3. The number of sulfonamides is 1. The lowest BCUT2D eigenvalue weighted by atomic mass is 10.1. The third-order valence-electron chi connectivity index (χ3n) is 5.45. The van der Waals surface area contributed by atoms with Gasteiger partial charge in [-0.1, -0.05) is 0 Å². The number of amides is 1. The van der Waals surface area contributed by atoms with Crippen LogP contribution in [0.25, 0.3) is 10.6 Å². The van der Waals surface area contributed by atoms with Crippen molar-refractivity contribution < 1.29 is 13.2 Å². The van der Waals surface area contributed by atoms with Crippen molar-refractivity contribution in [1.82, 2.24) is 14.8 Å². The highest BCUT2D eigenvalue weighted by Gasteiger charge is 2.28. The summed E-state index contributed by atoms with van der Waals surface area (Å²) in [4.78, 5) is 30.4. The maximum absolute atomic E-state index is 12.9. The molecule has 1 N–H and O–H groups in total. The summed E-state index contributed by atoms with van der Waals surface area (Å²) < 4.78 is 26.8. The number of benzene rings is 1. The molecule has 0 spiro atoms. The average molecular weight is 474 g/mol. The third kappa shape index (κ3) is 3.93. The van der Waals surface area contributed by atoms with Crippen molar-refractivity contribution in [2.24, 2.45) is 7.05 Å². The third-order valence-corrected chi connectivity index (χ3v) is 8.50. The Morgan fingerprint density at radius 3 is 2.44 bits per heavy atom. The lowest BCUT2D eigenvalue weighted by molar-refractivity contribution is 0.103. The molecule has 1 amide bonds. The van der Waals surface area contributed by atoms with Gasteiger partial charge in [0.05, 0.1) is 28.4 Å². The van der Waals surface area contributed by atoms with Crippen LogP contribution in [0.4, 0.5) is 11.4 Å². The second-order valence-corrected chi connectivity index (χ2v) is 10.7. The van der Waals surface area contributed by atoms with Crippen molar-refractivity contribution in [1.29, 1.82) is 0 Å². The summed E-state index contributed by atoms with van der Waals surface area (Å²) >= 11 is 1.16. The van der Waals surface area contributed by atoms with Gasteiger partial charge in [-0.15, -0.1) is 11.3 Å². The zero-order valence-corrected chi connectivity index (χ0v) is 19.8. The van der Waals surface area contributed by atoms with Crippen LogP contribution in [0.3, 0.4) is 0 Å². The Kier molecular flexibility index (Phi) is 5.63. The number of anilines is 2. The van der Waals surface area contributed by atoms with E-state index in [4.69, 9.17) is 0 Å². The van der Waals surface area contributed by atoms with E-state index in [-0.39, 0.29) is 17.2 Å². The molecule has 0 atom stereocenters. The largest absolute Gasteiger partial charge is 0.321 e. The zero-order chi connectivity index (χ0) is 23.2. The number of nitrogens with one attached hydrogen (secondary N) is 1. The molecule has 32 heavy (non-hydrogen) atoms. The highest BCUT2D eigenvalue weighted by Crippen LogP contribution is 2.30. The summed E-state index contributed by atoms with van der Waals surface area (Å²) in [6.45, 7) is 5.83. The first-order valence-electron chi connectivity index (χ1n) is 10.0. The number of nitrogens with zero attached hydrogens (tertiary/aromatic N) is 4. The number of hydrogen-bond donors (Lipinski definition) is 1.